The molecule has 0 fully saturated rings. The Balaban J connectivity index is 1.61. The number of hydrogen-bond acceptors (Lipinski definition) is 9. The van der Waals surface area contributed by atoms with Crippen LogP contribution in [0.5, 0.6) is 5.75 Å². The van der Waals surface area contributed by atoms with Crippen LogP contribution in [0.15, 0.2) is 82.0 Å². The third-order valence-corrected chi connectivity index (χ3v) is 7.77. The van der Waals surface area contributed by atoms with Crippen LogP contribution in [0.4, 0.5) is 5.69 Å². The largest absolute Gasteiger partial charge is 0.507 e. The number of methoxy groups -OCH3 is 1. The van der Waals surface area contributed by atoms with E-state index in [0.29, 0.717) is 33.1 Å². The number of nitrogens with zero attached hydrogens (tertiary/aromatic N) is 1. The Labute approximate surface area is 258 Å². The Hall–Kier alpha value is -5.49. The smallest absolute Gasteiger partial charge is 0.354 e. The Bertz CT molecular complexity index is 2190. The minimum absolute atomic E-state index is 0.0315. The maximum Gasteiger partial charge on any atom is 0.354 e. The van der Waals surface area contributed by atoms with Gasteiger partial charge in [-0.15, -0.1) is 0 Å². The number of aromatic nitrogens is 1. The van der Waals surface area contributed by atoms with Crippen LogP contribution in [-0.4, -0.2) is 44.5 Å². The van der Waals surface area contributed by atoms with Crippen molar-refractivity contribution in [2.45, 2.75) is 12.8 Å². The van der Waals surface area contributed by atoms with Gasteiger partial charge >= 0.3 is 11.9 Å². The molecule has 0 radical (unpaired) electrons. The van der Waals surface area contributed by atoms with E-state index >= 15 is 0 Å². The number of nitrogens with one attached hydrogen (secondary N) is 1. The maximum atomic E-state index is 12.6. The topological polar surface area (TPSA) is 179 Å². The van der Waals surface area contributed by atoms with Crippen molar-refractivity contribution in [2.24, 2.45) is 0 Å². The summed E-state index contributed by atoms with van der Waals surface area (Å²) in [5.41, 5.74) is 1.82. The number of phenols is 1. The molecule has 1 aromatic heterocycles. The van der Waals surface area contributed by atoms with Crippen molar-refractivity contribution in [3.63, 3.8) is 0 Å². The van der Waals surface area contributed by atoms with Crippen molar-refractivity contribution in [1.82, 2.24) is 4.98 Å². The SMILES string of the molecule is COC(O)c1ccc(C(=O)O)cc1-c1c2cc(Cl)c(=O)cc-2oc2c(CNc3cccc4ccc(C(=O)O)nc34)c(O)ccc12. The molecule has 0 saturated carbocycles. The second-order valence-corrected chi connectivity index (χ2v) is 10.5. The Kier molecular flexibility index (Phi) is 7.59. The lowest BCUT2D eigenvalue weighted by Gasteiger charge is -2.21. The fraction of sp³-hybridized carbons (Fsp3) is 0.0909. The summed E-state index contributed by atoms with van der Waals surface area (Å²) < 4.78 is 11.4. The Morgan fingerprint density at radius 1 is 1.00 bits per heavy atom. The van der Waals surface area contributed by atoms with Crippen LogP contribution in [0.1, 0.15) is 38.3 Å². The van der Waals surface area contributed by atoms with Gasteiger partial charge in [-0.2, -0.15) is 0 Å². The summed E-state index contributed by atoms with van der Waals surface area (Å²) in [7, 11) is 1.29. The number of carboxylic acids is 2. The average molecular weight is 627 g/mol. The highest BCUT2D eigenvalue weighted by Crippen LogP contribution is 2.45. The number of anilines is 1. The molecule has 5 N–H and O–H groups in total. The zero-order valence-corrected chi connectivity index (χ0v) is 24.1. The molecular weight excluding hydrogens is 604 g/mol. The molecule has 4 aromatic rings. The number of pyridine rings is 1. The molecule has 1 aliphatic heterocycles. The van der Waals surface area contributed by atoms with E-state index in [1.165, 1.54) is 49.6 Å². The van der Waals surface area contributed by atoms with Crippen molar-refractivity contribution >= 4 is 51.1 Å². The van der Waals surface area contributed by atoms with Crippen molar-refractivity contribution < 1.29 is 39.2 Å². The highest BCUT2D eigenvalue weighted by atomic mass is 35.5. The van der Waals surface area contributed by atoms with Gasteiger partial charge in [0.15, 0.2) is 6.29 Å². The number of carboxylic acid groups (broad SMARTS) is 2. The van der Waals surface area contributed by atoms with Crippen molar-refractivity contribution in [1.29, 1.82) is 0 Å². The van der Waals surface area contributed by atoms with E-state index in [0.717, 1.165) is 0 Å². The van der Waals surface area contributed by atoms with Crippen LogP contribution < -0.4 is 10.7 Å². The van der Waals surface area contributed by atoms with E-state index in [1.807, 2.05) is 0 Å². The summed E-state index contributed by atoms with van der Waals surface area (Å²) in [6.07, 6.45) is -1.44. The molecule has 12 heteroatoms. The van der Waals surface area contributed by atoms with Gasteiger partial charge in [-0.1, -0.05) is 35.9 Å². The molecule has 11 nitrogen and oxygen atoms in total. The Morgan fingerprint density at radius 2 is 1.80 bits per heavy atom. The standard InChI is InChI=1S/C33H23ClN2O9/c1-44-33(43)17-7-5-16(31(39)40)11-19(17)28-18-8-10-25(37)21(30(18)45-27-13-26(38)22(34)12-20(27)28)14-35-23-4-2-3-15-6-9-24(32(41)42)36-29(15)23/h2-13,33,35,37,43H,14H2,1H3,(H,39,40)(H,41,42). The van der Waals surface area contributed by atoms with Crippen molar-refractivity contribution in [3.8, 4) is 28.2 Å². The molecule has 1 aliphatic carbocycles. The normalized spacial score (nSPS) is 12.1. The molecule has 1 atom stereocenters. The minimum atomic E-state index is -1.44. The summed E-state index contributed by atoms with van der Waals surface area (Å²) in [5.74, 6) is -2.45. The van der Waals surface area contributed by atoms with Crippen LogP contribution in [0.25, 0.3) is 44.3 Å². The van der Waals surface area contributed by atoms with Crippen molar-refractivity contribution in [2.75, 3.05) is 12.4 Å². The summed E-state index contributed by atoms with van der Waals surface area (Å²) in [6, 6.07) is 18.0. The second-order valence-electron chi connectivity index (χ2n) is 10.1. The molecule has 3 aromatic carbocycles. The molecule has 2 aliphatic rings. The first kappa shape index (κ1) is 29.6. The van der Waals surface area contributed by atoms with E-state index in [2.05, 4.69) is 10.3 Å². The van der Waals surface area contributed by atoms with E-state index in [-0.39, 0.29) is 56.6 Å². The van der Waals surface area contributed by atoms with E-state index in [1.54, 1.807) is 30.3 Å². The van der Waals surface area contributed by atoms with Crippen molar-refractivity contribution in [3.05, 3.63) is 110 Å². The third-order valence-electron chi connectivity index (χ3n) is 7.47. The van der Waals surface area contributed by atoms with Gasteiger partial charge < -0.3 is 34.9 Å². The molecule has 0 saturated heterocycles. The van der Waals surface area contributed by atoms with Gasteiger partial charge in [0.05, 0.1) is 27.4 Å². The lowest BCUT2D eigenvalue weighted by Crippen LogP contribution is -2.08. The van der Waals surface area contributed by atoms with Crippen LogP contribution in [0.2, 0.25) is 5.02 Å². The number of hydrogen-bond donors (Lipinski definition) is 5. The number of carbonyl (C=O) groups is 2. The lowest BCUT2D eigenvalue weighted by atomic mass is 9.88. The van der Waals surface area contributed by atoms with Crippen LogP contribution >= 0.6 is 11.6 Å². The van der Waals surface area contributed by atoms with Crippen LogP contribution in [0, 0.1) is 0 Å². The second kappa shape index (κ2) is 11.5. The third kappa shape index (κ3) is 5.29. The summed E-state index contributed by atoms with van der Waals surface area (Å²) in [5, 5.41) is 45.2. The van der Waals surface area contributed by atoms with Crippen LogP contribution in [0.3, 0.4) is 0 Å². The first-order valence-corrected chi connectivity index (χ1v) is 13.8. The zero-order valence-electron chi connectivity index (χ0n) is 23.4. The number of para-hydroxylation sites is 1. The molecule has 2 heterocycles. The molecule has 0 bridgehead atoms. The van der Waals surface area contributed by atoms with Gasteiger partial charge in [-0.05, 0) is 48.0 Å². The average Bonchev–Trinajstić information content (AvgIpc) is 3.03. The number of fused-ring (bicyclic) bond motifs is 3. The van der Waals surface area contributed by atoms with Gasteiger partial charge in [-0.25, -0.2) is 14.6 Å². The molecule has 6 rings (SSSR count). The van der Waals surface area contributed by atoms with Gasteiger partial charge in [0.2, 0.25) is 5.43 Å². The van der Waals surface area contributed by atoms with Gasteiger partial charge in [-0.3, -0.25) is 4.79 Å². The van der Waals surface area contributed by atoms with E-state index in [9.17, 15) is 34.8 Å². The summed E-state index contributed by atoms with van der Waals surface area (Å²) >= 11 is 6.25. The first-order chi connectivity index (χ1) is 21.6. The number of aliphatic hydroxyl groups excluding tert-OH is 1. The predicted octanol–water partition coefficient (Wildman–Crippen LogP) is 6.12. The number of rotatable bonds is 8. The fourth-order valence-electron chi connectivity index (χ4n) is 5.30. The monoisotopic (exact) mass is 626 g/mol. The first-order valence-electron chi connectivity index (χ1n) is 13.4. The molecule has 0 spiro atoms. The number of aromatic hydroxyl groups is 1. The van der Waals surface area contributed by atoms with Crippen LogP contribution in [-0.2, 0) is 11.3 Å². The lowest BCUT2D eigenvalue weighted by molar-refractivity contribution is -0.0765. The number of benzene rings is 4. The maximum absolute atomic E-state index is 12.6. The van der Waals surface area contributed by atoms with Gasteiger partial charge in [0.1, 0.15) is 22.8 Å². The molecule has 226 valence electrons. The fourth-order valence-corrected chi connectivity index (χ4v) is 5.47. The molecule has 0 amide bonds. The number of aliphatic hydroxyl groups is 1. The number of ether oxygens (including phenoxy) is 1. The number of halogens is 1. The quantitative estimate of drug-likeness (QED) is 0.0970. The highest BCUT2D eigenvalue weighted by Gasteiger charge is 2.26. The number of phenolic OH excluding ortho intramolecular Hbond substituents is 1. The minimum Gasteiger partial charge on any atom is -0.507 e. The van der Waals surface area contributed by atoms with Gasteiger partial charge in [0, 0.05) is 47.2 Å². The van der Waals surface area contributed by atoms with E-state index < -0.39 is 23.7 Å². The summed E-state index contributed by atoms with van der Waals surface area (Å²) in [4.78, 5) is 40.4. The summed E-state index contributed by atoms with van der Waals surface area (Å²) in [6.45, 7) is -0.0315. The molecule has 45 heavy (non-hydrogen) atoms. The number of aromatic carboxylic acids is 2. The zero-order chi connectivity index (χ0) is 32.0. The highest BCUT2D eigenvalue weighted by molar-refractivity contribution is 6.31. The molecule has 1 unspecified atom stereocenters. The Morgan fingerprint density at radius 3 is 2.53 bits per heavy atom. The van der Waals surface area contributed by atoms with E-state index in [4.69, 9.17) is 20.8 Å². The van der Waals surface area contributed by atoms with Gasteiger partial charge in [0.25, 0.3) is 0 Å². The molecular formula is C33H23ClN2O9. The predicted molar refractivity (Wildman–Crippen MR) is 166 cm³/mol.